The molecule has 2 aromatic rings. The van der Waals surface area contributed by atoms with E-state index in [9.17, 15) is 19.5 Å². The summed E-state index contributed by atoms with van der Waals surface area (Å²) in [4.78, 5) is 41.9. The van der Waals surface area contributed by atoms with Crippen LogP contribution in [0.4, 0.5) is 0 Å². The lowest BCUT2D eigenvalue weighted by atomic mass is 9.83. The number of carbonyl (C=O) groups is 2. The number of likely N-dealkylation sites (tertiary alicyclic amines) is 1. The number of ether oxygens (including phenoxy) is 1. The lowest BCUT2D eigenvalue weighted by molar-refractivity contribution is -0.143. The highest BCUT2D eigenvalue weighted by Crippen LogP contribution is 2.41. The van der Waals surface area contributed by atoms with Crippen LogP contribution in [-0.2, 0) is 22.6 Å². The average molecular weight is 497 g/mol. The Balaban J connectivity index is 1.62. The normalized spacial score (nSPS) is 21.2. The zero-order valence-electron chi connectivity index (χ0n) is 20.8. The van der Waals surface area contributed by atoms with Crippen LogP contribution >= 0.6 is 0 Å². The van der Waals surface area contributed by atoms with Gasteiger partial charge in [0.05, 0.1) is 19.1 Å². The van der Waals surface area contributed by atoms with Crippen molar-refractivity contribution in [1.29, 1.82) is 0 Å². The molecule has 2 aliphatic rings. The second-order valence-electron chi connectivity index (χ2n) is 9.62. The Morgan fingerprint density at radius 3 is 2.78 bits per heavy atom. The minimum absolute atomic E-state index is 0.0451. The molecule has 1 fully saturated rings. The topological polar surface area (TPSA) is 118 Å². The van der Waals surface area contributed by atoms with E-state index in [1.165, 1.54) is 6.07 Å². The summed E-state index contributed by atoms with van der Waals surface area (Å²) in [7, 11) is 0. The molecule has 0 spiro atoms. The predicted octanol–water partition coefficient (Wildman–Crippen LogP) is 1.54. The van der Waals surface area contributed by atoms with Gasteiger partial charge in [-0.05, 0) is 36.1 Å². The number of carboxylic acids is 1. The Morgan fingerprint density at radius 1 is 1.22 bits per heavy atom. The van der Waals surface area contributed by atoms with Gasteiger partial charge in [-0.25, -0.2) is 0 Å². The van der Waals surface area contributed by atoms with E-state index in [1.807, 2.05) is 24.0 Å². The first-order valence-corrected chi connectivity index (χ1v) is 12.8. The number of carbonyl (C=O) groups excluding carboxylic acids is 1. The first kappa shape index (κ1) is 25.9. The van der Waals surface area contributed by atoms with Gasteiger partial charge in [-0.3, -0.25) is 19.3 Å². The Kier molecular flexibility index (Phi) is 8.43. The molecule has 0 aliphatic carbocycles. The Bertz CT molecular complexity index is 1130. The molecule has 1 saturated heterocycles. The minimum Gasteiger partial charge on any atom is -0.493 e. The maximum Gasteiger partial charge on any atom is 0.308 e. The fourth-order valence-corrected chi connectivity index (χ4v) is 5.60. The fourth-order valence-electron chi connectivity index (χ4n) is 5.60. The molecular weight excluding hydrogens is 460 g/mol. The SMILES string of the molecule is CCCN(CCN)C(=O)CN1CC(c2ccc3c(c2)CCO3)C(C(=O)O)C1CCn1ccccc1=O. The van der Waals surface area contributed by atoms with Crippen molar-refractivity contribution in [2.75, 3.05) is 39.3 Å². The molecule has 1 aromatic heterocycles. The number of nitrogens with two attached hydrogens (primary N) is 1. The minimum atomic E-state index is -0.885. The molecule has 3 unspecified atom stereocenters. The molecule has 36 heavy (non-hydrogen) atoms. The highest BCUT2D eigenvalue weighted by Gasteiger charge is 2.47. The fraction of sp³-hybridized carbons (Fsp3) is 0.519. The van der Waals surface area contributed by atoms with Crippen molar-refractivity contribution in [3.8, 4) is 5.75 Å². The summed E-state index contributed by atoms with van der Waals surface area (Å²) < 4.78 is 7.23. The second-order valence-corrected chi connectivity index (χ2v) is 9.62. The number of carboxylic acid groups (broad SMARTS) is 1. The molecule has 4 rings (SSSR count). The number of benzene rings is 1. The summed E-state index contributed by atoms with van der Waals surface area (Å²) in [5.74, 6) is -1.05. The molecule has 3 N–H and O–H groups in total. The summed E-state index contributed by atoms with van der Waals surface area (Å²) in [5.41, 5.74) is 7.66. The predicted molar refractivity (Wildman–Crippen MR) is 136 cm³/mol. The van der Waals surface area contributed by atoms with E-state index in [0.29, 0.717) is 45.8 Å². The summed E-state index contributed by atoms with van der Waals surface area (Å²) in [6.07, 6.45) is 3.79. The molecule has 9 nitrogen and oxygen atoms in total. The molecule has 1 aromatic carbocycles. The monoisotopic (exact) mass is 496 g/mol. The van der Waals surface area contributed by atoms with E-state index in [1.54, 1.807) is 27.8 Å². The molecule has 194 valence electrons. The quantitative estimate of drug-likeness (QED) is 0.484. The van der Waals surface area contributed by atoms with Gasteiger partial charge in [-0.2, -0.15) is 0 Å². The van der Waals surface area contributed by atoms with Gasteiger partial charge in [0, 0.05) is 63.4 Å². The second kappa shape index (κ2) is 11.7. The smallest absolute Gasteiger partial charge is 0.308 e. The van der Waals surface area contributed by atoms with Crippen LogP contribution in [0.1, 0.15) is 36.8 Å². The molecule has 0 bridgehead atoms. The van der Waals surface area contributed by atoms with E-state index in [2.05, 4.69) is 6.07 Å². The van der Waals surface area contributed by atoms with Gasteiger partial charge < -0.3 is 25.0 Å². The van der Waals surface area contributed by atoms with E-state index in [-0.39, 0.29) is 23.9 Å². The number of aromatic nitrogens is 1. The van der Waals surface area contributed by atoms with Crippen molar-refractivity contribution in [1.82, 2.24) is 14.4 Å². The molecule has 0 saturated carbocycles. The van der Waals surface area contributed by atoms with Crippen LogP contribution in [0, 0.1) is 5.92 Å². The number of hydrogen-bond donors (Lipinski definition) is 2. The van der Waals surface area contributed by atoms with Gasteiger partial charge in [0.1, 0.15) is 5.75 Å². The van der Waals surface area contributed by atoms with E-state index in [4.69, 9.17) is 10.5 Å². The number of hydrogen-bond acceptors (Lipinski definition) is 6. The third-order valence-electron chi connectivity index (χ3n) is 7.32. The summed E-state index contributed by atoms with van der Waals surface area (Å²) in [6.45, 7) is 5.08. The van der Waals surface area contributed by atoms with Crippen molar-refractivity contribution in [3.05, 3.63) is 64.1 Å². The third kappa shape index (κ3) is 5.63. The highest BCUT2D eigenvalue weighted by atomic mass is 16.5. The molecular formula is C27H36N4O5. The van der Waals surface area contributed by atoms with Crippen molar-refractivity contribution < 1.29 is 19.4 Å². The highest BCUT2D eigenvalue weighted by molar-refractivity contribution is 5.79. The van der Waals surface area contributed by atoms with E-state index < -0.39 is 17.9 Å². The first-order valence-electron chi connectivity index (χ1n) is 12.8. The zero-order chi connectivity index (χ0) is 25.7. The Morgan fingerprint density at radius 2 is 2.06 bits per heavy atom. The average Bonchev–Trinajstić information content (AvgIpc) is 3.47. The van der Waals surface area contributed by atoms with Crippen LogP contribution in [0.3, 0.4) is 0 Å². The molecule has 3 atom stereocenters. The Hall–Kier alpha value is -3.17. The van der Waals surface area contributed by atoms with Gasteiger partial charge >= 0.3 is 5.97 Å². The van der Waals surface area contributed by atoms with Gasteiger partial charge in [-0.15, -0.1) is 0 Å². The maximum absolute atomic E-state index is 13.2. The number of pyridine rings is 1. The third-order valence-corrected chi connectivity index (χ3v) is 7.32. The first-order chi connectivity index (χ1) is 17.4. The number of aryl methyl sites for hydroxylation is 1. The largest absolute Gasteiger partial charge is 0.493 e. The van der Waals surface area contributed by atoms with Crippen LogP contribution in [0.25, 0.3) is 0 Å². The maximum atomic E-state index is 13.2. The van der Waals surface area contributed by atoms with Gasteiger partial charge in [0.25, 0.3) is 0 Å². The van der Waals surface area contributed by atoms with Crippen molar-refractivity contribution in [2.24, 2.45) is 11.7 Å². The lowest BCUT2D eigenvalue weighted by Crippen LogP contribution is -2.46. The van der Waals surface area contributed by atoms with Crippen LogP contribution in [0.5, 0.6) is 5.75 Å². The number of aliphatic carboxylic acids is 1. The molecule has 0 radical (unpaired) electrons. The number of fused-ring (bicyclic) bond motifs is 1. The Labute approximate surface area is 211 Å². The van der Waals surface area contributed by atoms with Crippen LogP contribution in [0.2, 0.25) is 0 Å². The van der Waals surface area contributed by atoms with Crippen LogP contribution in [0.15, 0.2) is 47.4 Å². The van der Waals surface area contributed by atoms with Crippen molar-refractivity contribution >= 4 is 11.9 Å². The molecule has 1 amide bonds. The van der Waals surface area contributed by atoms with E-state index >= 15 is 0 Å². The standard InChI is InChI=1S/C27H36N4O5/c1-2-11-29(14-10-28)25(33)18-31-17-21(19-6-7-23-20(16-19)9-15-36-23)26(27(34)35)22(31)8-13-30-12-4-3-5-24(30)32/h3-7,12,16,21-22,26H,2,8-11,13-15,17-18,28H2,1H3,(H,34,35). The summed E-state index contributed by atoms with van der Waals surface area (Å²) in [5, 5.41) is 10.4. The van der Waals surface area contributed by atoms with Crippen LogP contribution in [-0.4, -0.2) is 76.7 Å². The van der Waals surface area contributed by atoms with Crippen LogP contribution < -0.4 is 16.0 Å². The molecule has 3 heterocycles. The molecule has 9 heteroatoms. The van der Waals surface area contributed by atoms with Gasteiger partial charge in [0.15, 0.2) is 0 Å². The summed E-state index contributed by atoms with van der Waals surface area (Å²) in [6, 6.07) is 10.5. The number of rotatable bonds is 11. The summed E-state index contributed by atoms with van der Waals surface area (Å²) >= 11 is 0. The number of amides is 1. The van der Waals surface area contributed by atoms with Crippen molar-refractivity contribution in [2.45, 2.75) is 44.7 Å². The van der Waals surface area contributed by atoms with Gasteiger partial charge in [-0.1, -0.05) is 25.1 Å². The number of nitrogens with zero attached hydrogens (tertiary/aromatic N) is 3. The van der Waals surface area contributed by atoms with Gasteiger partial charge in [0.2, 0.25) is 11.5 Å². The van der Waals surface area contributed by atoms with E-state index in [0.717, 1.165) is 29.7 Å². The van der Waals surface area contributed by atoms with Crippen molar-refractivity contribution in [3.63, 3.8) is 0 Å². The zero-order valence-corrected chi connectivity index (χ0v) is 20.8. The lowest BCUT2D eigenvalue weighted by Gasteiger charge is -2.29. The molecule has 2 aliphatic heterocycles.